The molecule has 0 aromatic heterocycles. The fraction of sp³-hybridized carbons (Fsp3) is 0.556. The first-order valence-electron chi connectivity index (χ1n) is 8.39. The number of ether oxygens (including phenoxy) is 1. The van der Waals surface area contributed by atoms with Crippen LogP contribution in [0.2, 0.25) is 0 Å². The standard InChI is InChI=1S/C18H27N3O3/c1-18(2,3)24-17(23)21-11-4-5-14(10-12-21)20-15-8-6-13(7-9-15)16(19)22/h6-9,14,20H,4-5,10-12H2,1-3H3,(H2,19,22). The van der Waals surface area contributed by atoms with E-state index in [0.29, 0.717) is 18.7 Å². The predicted octanol–water partition coefficient (Wildman–Crippen LogP) is 2.99. The summed E-state index contributed by atoms with van der Waals surface area (Å²) in [7, 11) is 0. The van der Waals surface area contributed by atoms with Gasteiger partial charge in [-0.1, -0.05) is 0 Å². The molecule has 1 heterocycles. The molecule has 0 saturated carbocycles. The molecule has 1 saturated heterocycles. The number of benzene rings is 1. The molecule has 2 rings (SSSR count). The minimum atomic E-state index is -0.469. The number of carbonyl (C=O) groups is 2. The summed E-state index contributed by atoms with van der Waals surface area (Å²) in [4.78, 5) is 25.1. The van der Waals surface area contributed by atoms with Crippen molar-refractivity contribution in [1.82, 2.24) is 4.90 Å². The highest BCUT2D eigenvalue weighted by Crippen LogP contribution is 2.19. The van der Waals surface area contributed by atoms with Crippen LogP contribution in [0.3, 0.4) is 0 Å². The summed E-state index contributed by atoms with van der Waals surface area (Å²) >= 11 is 0. The number of primary amides is 1. The maximum absolute atomic E-state index is 12.2. The van der Waals surface area contributed by atoms with Crippen LogP contribution in [0.1, 0.15) is 50.4 Å². The number of anilines is 1. The monoisotopic (exact) mass is 333 g/mol. The molecular formula is C18H27N3O3. The van der Waals surface area contributed by atoms with Crippen LogP contribution < -0.4 is 11.1 Å². The van der Waals surface area contributed by atoms with Crippen LogP contribution in [0.15, 0.2) is 24.3 Å². The average molecular weight is 333 g/mol. The van der Waals surface area contributed by atoms with Crippen molar-refractivity contribution in [2.24, 2.45) is 5.73 Å². The smallest absolute Gasteiger partial charge is 0.410 e. The van der Waals surface area contributed by atoms with Crippen LogP contribution in [0, 0.1) is 0 Å². The minimum Gasteiger partial charge on any atom is -0.444 e. The molecule has 3 N–H and O–H groups in total. The molecule has 1 aromatic rings. The number of hydrogen-bond donors (Lipinski definition) is 2. The van der Waals surface area contributed by atoms with E-state index in [9.17, 15) is 9.59 Å². The Bertz CT molecular complexity index is 578. The third kappa shape index (κ3) is 5.44. The van der Waals surface area contributed by atoms with E-state index in [-0.39, 0.29) is 12.1 Å². The molecule has 6 heteroatoms. The van der Waals surface area contributed by atoms with E-state index in [0.717, 1.165) is 24.9 Å². The molecule has 1 aliphatic rings. The van der Waals surface area contributed by atoms with Gasteiger partial charge in [0.25, 0.3) is 0 Å². The lowest BCUT2D eigenvalue weighted by molar-refractivity contribution is 0.0256. The zero-order valence-electron chi connectivity index (χ0n) is 14.7. The maximum Gasteiger partial charge on any atom is 0.410 e. The highest BCUT2D eigenvalue weighted by molar-refractivity contribution is 5.93. The van der Waals surface area contributed by atoms with Crippen molar-refractivity contribution < 1.29 is 14.3 Å². The van der Waals surface area contributed by atoms with Crippen molar-refractivity contribution in [3.63, 3.8) is 0 Å². The van der Waals surface area contributed by atoms with Crippen molar-refractivity contribution in [3.05, 3.63) is 29.8 Å². The SMILES string of the molecule is CC(C)(C)OC(=O)N1CCCC(Nc2ccc(C(N)=O)cc2)CC1. The molecule has 2 amide bonds. The molecule has 1 aromatic carbocycles. The van der Waals surface area contributed by atoms with Crippen molar-refractivity contribution >= 4 is 17.7 Å². The number of nitrogens with two attached hydrogens (primary N) is 1. The Morgan fingerprint density at radius 2 is 1.83 bits per heavy atom. The summed E-state index contributed by atoms with van der Waals surface area (Å²) in [5, 5.41) is 3.46. The first-order chi connectivity index (χ1) is 11.2. The van der Waals surface area contributed by atoms with E-state index in [4.69, 9.17) is 10.5 Å². The first kappa shape index (κ1) is 18.1. The Labute approximate surface area is 143 Å². The van der Waals surface area contributed by atoms with E-state index in [1.807, 2.05) is 32.9 Å². The summed E-state index contributed by atoms with van der Waals surface area (Å²) in [6, 6.07) is 7.44. The molecular weight excluding hydrogens is 306 g/mol. The summed E-state index contributed by atoms with van der Waals surface area (Å²) < 4.78 is 5.44. The normalized spacial score (nSPS) is 18.6. The molecule has 0 bridgehead atoms. The van der Waals surface area contributed by atoms with Gasteiger partial charge in [-0.15, -0.1) is 0 Å². The highest BCUT2D eigenvalue weighted by Gasteiger charge is 2.25. The van der Waals surface area contributed by atoms with Crippen LogP contribution in [0.4, 0.5) is 10.5 Å². The Morgan fingerprint density at radius 1 is 1.17 bits per heavy atom. The molecule has 1 fully saturated rings. The summed E-state index contributed by atoms with van der Waals surface area (Å²) in [5.41, 5.74) is 6.23. The number of likely N-dealkylation sites (tertiary alicyclic amines) is 1. The zero-order valence-corrected chi connectivity index (χ0v) is 14.7. The van der Waals surface area contributed by atoms with Gasteiger partial charge in [0.15, 0.2) is 0 Å². The number of nitrogens with zero attached hydrogens (tertiary/aromatic N) is 1. The zero-order chi connectivity index (χ0) is 17.7. The number of nitrogens with one attached hydrogen (secondary N) is 1. The molecule has 1 aliphatic heterocycles. The quantitative estimate of drug-likeness (QED) is 0.890. The van der Waals surface area contributed by atoms with Gasteiger partial charge in [-0.05, 0) is 64.3 Å². The van der Waals surface area contributed by atoms with Gasteiger partial charge < -0.3 is 20.7 Å². The van der Waals surface area contributed by atoms with Crippen molar-refractivity contribution in [2.45, 2.75) is 51.7 Å². The molecule has 0 spiro atoms. The number of rotatable bonds is 3. The van der Waals surface area contributed by atoms with E-state index < -0.39 is 11.5 Å². The first-order valence-corrected chi connectivity index (χ1v) is 8.39. The van der Waals surface area contributed by atoms with Crippen LogP contribution in [-0.4, -0.2) is 41.6 Å². The number of hydrogen-bond acceptors (Lipinski definition) is 4. The van der Waals surface area contributed by atoms with Crippen LogP contribution in [0.25, 0.3) is 0 Å². The Balaban J connectivity index is 1.88. The van der Waals surface area contributed by atoms with Gasteiger partial charge in [0.05, 0.1) is 0 Å². The lowest BCUT2D eigenvalue weighted by Crippen LogP contribution is -2.37. The Kier molecular flexibility index (Phi) is 5.70. The molecule has 6 nitrogen and oxygen atoms in total. The molecule has 24 heavy (non-hydrogen) atoms. The van der Waals surface area contributed by atoms with Gasteiger partial charge in [0.1, 0.15) is 5.60 Å². The summed E-state index contributed by atoms with van der Waals surface area (Å²) in [6.45, 7) is 7.02. The van der Waals surface area contributed by atoms with Crippen molar-refractivity contribution in [1.29, 1.82) is 0 Å². The second-order valence-corrected chi connectivity index (χ2v) is 7.18. The fourth-order valence-corrected chi connectivity index (χ4v) is 2.72. The maximum atomic E-state index is 12.2. The number of carbonyl (C=O) groups excluding carboxylic acids is 2. The van der Waals surface area contributed by atoms with Gasteiger partial charge in [-0.3, -0.25) is 4.79 Å². The lowest BCUT2D eigenvalue weighted by Gasteiger charge is -2.26. The highest BCUT2D eigenvalue weighted by atomic mass is 16.6. The van der Waals surface area contributed by atoms with Crippen LogP contribution in [0.5, 0.6) is 0 Å². The van der Waals surface area contributed by atoms with Gasteiger partial charge in [-0.25, -0.2) is 4.79 Å². The average Bonchev–Trinajstić information content (AvgIpc) is 2.72. The molecule has 132 valence electrons. The van der Waals surface area contributed by atoms with Crippen molar-refractivity contribution in [2.75, 3.05) is 18.4 Å². The van der Waals surface area contributed by atoms with E-state index in [2.05, 4.69) is 5.32 Å². The fourth-order valence-electron chi connectivity index (χ4n) is 2.72. The van der Waals surface area contributed by atoms with Crippen LogP contribution >= 0.6 is 0 Å². The largest absolute Gasteiger partial charge is 0.444 e. The Hall–Kier alpha value is -2.24. The third-order valence-electron chi connectivity index (χ3n) is 3.92. The molecule has 1 unspecified atom stereocenters. The Morgan fingerprint density at radius 3 is 2.42 bits per heavy atom. The number of amides is 2. The van der Waals surface area contributed by atoms with Crippen molar-refractivity contribution in [3.8, 4) is 0 Å². The minimum absolute atomic E-state index is 0.242. The third-order valence-corrected chi connectivity index (χ3v) is 3.92. The van der Waals surface area contributed by atoms with E-state index in [1.165, 1.54) is 0 Å². The van der Waals surface area contributed by atoms with Gasteiger partial charge in [-0.2, -0.15) is 0 Å². The van der Waals surface area contributed by atoms with Gasteiger partial charge in [0, 0.05) is 30.4 Å². The second-order valence-electron chi connectivity index (χ2n) is 7.18. The summed E-state index contributed by atoms with van der Waals surface area (Å²) in [5.74, 6) is -0.427. The van der Waals surface area contributed by atoms with Crippen LogP contribution in [-0.2, 0) is 4.74 Å². The van der Waals surface area contributed by atoms with Gasteiger partial charge in [0.2, 0.25) is 5.91 Å². The molecule has 0 aliphatic carbocycles. The van der Waals surface area contributed by atoms with Gasteiger partial charge >= 0.3 is 6.09 Å². The molecule has 0 radical (unpaired) electrons. The van der Waals surface area contributed by atoms with E-state index in [1.54, 1.807) is 17.0 Å². The summed E-state index contributed by atoms with van der Waals surface area (Å²) in [6.07, 6.45) is 2.53. The molecule has 1 atom stereocenters. The topological polar surface area (TPSA) is 84.7 Å². The predicted molar refractivity (Wildman–Crippen MR) is 94.0 cm³/mol. The second kappa shape index (κ2) is 7.55. The lowest BCUT2D eigenvalue weighted by atomic mass is 10.1. The van der Waals surface area contributed by atoms with E-state index >= 15 is 0 Å².